The van der Waals surface area contributed by atoms with E-state index < -0.39 is 36.4 Å². The van der Waals surface area contributed by atoms with Gasteiger partial charge in [-0.1, -0.05) is 0 Å². The Kier molecular flexibility index (Phi) is 3.78. The van der Waals surface area contributed by atoms with E-state index in [0.717, 1.165) is 0 Å². The number of anilines is 1. The van der Waals surface area contributed by atoms with Crippen LogP contribution >= 0.6 is 0 Å². The molecule has 11 nitrogen and oxygen atoms in total. The summed E-state index contributed by atoms with van der Waals surface area (Å²) in [6.07, 6.45) is -1.96. The summed E-state index contributed by atoms with van der Waals surface area (Å²) in [5, 5.41) is 19.8. The molecule has 3 heterocycles. The lowest BCUT2D eigenvalue weighted by Gasteiger charge is -2.29. The Labute approximate surface area is 136 Å². The van der Waals surface area contributed by atoms with Crippen LogP contribution in [-0.4, -0.2) is 61.6 Å². The zero-order valence-corrected chi connectivity index (χ0v) is 13.1. The molecule has 11 heteroatoms. The van der Waals surface area contributed by atoms with E-state index in [1.54, 1.807) is 0 Å². The molecule has 0 saturated carbocycles. The average molecular weight is 338 g/mol. The number of aliphatic hydroxyl groups excluding tert-OH is 2. The quantitative estimate of drug-likeness (QED) is 0.499. The second kappa shape index (κ2) is 5.54. The fourth-order valence-electron chi connectivity index (χ4n) is 2.90. The number of aliphatic hydroxyl groups is 2. The highest BCUT2D eigenvalue weighted by Crippen LogP contribution is 2.46. The summed E-state index contributed by atoms with van der Waals surface area (Å²) in [5.41, 5.74) is 10.2. The molecular weight excluding hydrogens is 320 g/mol. The van der Waals surface area contributed by atoms with Crippen molar-refractivity contribution >= 4 is 23.0 Å². The minimum absolute atomic E-state index is 0.0564. The van der Waals surface area contributed by atoms with E-state index in [0.29, 0.717) is 5.52 Å². The molecule has 1 saturated heterocycles. The van der Waals surface area contributed by atoms with Crippen LogP contribution in [0.25, 0.3) is 11.2 Å². The second-order valence-corrected chi connectivity index (χ2v) is 5.72. The normalized spacial score (nSPS) is 29.9. The molecule has 0 aliphatic carbocycles. The van der Waals surface area contributed by atoms with Crippen molar-refractivity contribution in [2.24, 2.45) is 11.1 Å². The summed E-state index contributed by atoms with van der Waals surface area (Å²) in [5.74, 6) is -0.680. The van der Waals surface area contributed by atoms with E-state index in [9.17, 15) is 15.0 Å². The number of nitrogens with two attached hydrogens (primary N) is 2. The third-order valence-corrected chi connectivity index (χ3v) is 4.35. The van der Waals surface area contributed by atoms with Gasteiger partial charge in [0, 0.05) is 0 Å². The van der Waals surface area contributed by atoms with E-state index in [1.807, 2.05) is 0 Å². The maximum Gasteiger partial charge on any atom is 0.246 e. The average Bonchev–Trinajstić information content (AvgIpc) is 3.07. The monoisotopic (exact) mass is 338 g/mol. The van der Waals surface area contributed by atoms with Crippen molar-refractivity contribution in [1.82, 2.24) is 19.5 Å². The third-order valence-electron chi connectivity index (χ3n) is 4.35. The number of aromatic nitrogens is 4. The fourth-order valence-corrected chi connectivity index (χ4v) is 2.90. The number of hydrogen-bond donors (Lipinski definition) is 4. The van der Waals surface area contributed by atoms with Crippen LogP contribution in [0.5, 0.6) is 5.88 Å². The lowest BCUT2D eigenvalue weighted by Crippen LogP contribution is -2.47. The molecule has 0 spiro atoms. The van der Waals surface area contributed by atoms with Gasteiger partial charge >= 0.3 is 0 Å². The minimum atomic E-state index is -1.51. The van der Waals surface area contributed by atoms with Crippen LogP contribution in [0, 0.1) is 5.41 Å². The Morgan fingerprint density at radius 3 is 2.83 bits per heavy atom. The highest BCUT2D eigenvalue weighted by Gasteiger charge is 2.58. The van der Waals surface area contributed by atoms with Gasteiger partial charge in [-0.25, -0.2) is 4.98 Å². The van der Waals surface area contributed by atoms with Crippen LogP contribution in [0.4, 0.5) is 5.95 Å². The van der Waals surface area contributed by atoms with Gasteiger partial charge in [0.25, 0.3) is 0 Å². The van der Waals surface area contributed by atoms with Gasteiger partial charge in [-0.3, -0.25) is 9.36 Å². The van der Waals surface area contributed by atoms with Gasteiger partial charge < -0.3 is 31.2 Å². The highest BCUT2D eigenvalue weighted by atomic mass is 16.5. The summed E-state index contributed by atoms with van der Waals surface area (Å²) in [7, 11) is 1.41. The Hall–Kier alpha value is -2.50. The number of carbonyl (C=O) groups excluding carboxylic acids is 1. The van der Waals surface area contributed by atoms with Crippen LogP contribution in [-0.2, 0) is 9.53 Å². The zero-order valence-electron chi connectivity index (χ0n) is 13.1. The van der Waals surface area contributed by atoms with Crippen LogP contribution in [0.2, 0.25) is 0 Å². The van der Waals surface area contributed by atoms with Crippen molar-refractivity contribution in [3.05, 3.63) is 6.33 Å². The Balaban J connectivity index is 2.19. The summed E-state index contributed by atoms with van der Waals surface area (Å²) in [6.45, 7) is 0.974. The van der Waals surface area contributed by atoms with Gasteiger partial charge in [0.05, 0.1) is 20.0 Å². The molecule has 4 atom stereocenters. The van der Waals surface area contributed by atoms with Gasteiger partial charge in [-0.15, -0.1) is 0 Å². The first kappa shape index (κ1) is 16.4. The number of primary amides is 1. The maximum absolute atomic E-state index is 12.0. The molecule has 1 aliphatic rings. The first-order valence-corrected chi connectivity index (χ1v) is 7.12. The molecule has 2 aromatic rings. The number of amides is 1. The van der Waals surface area contributed by atoms with Crippen molar-refractivity contribution in [3.63, 3.8) is 0 Å². The van der Waals surface area contributed by atoms with Crippen molar-refractivity contribution in [3.8, 4) is 5.88 Å². The standard InChI is InChI=1S/C13H18N6O5/c1-13(10(14)22)7(21)5(3-20)24-11(13)19-4-16-6-8(19)17-12(15)18-9(6)23-2/h4-5,7,11,20-21H,3H2,1-2H3,(H2,14,22)(H2,15,17,18). The van der Waals surface area contributed by atoms with Crippen molar-refractivity contribution in [1.29, 1.82) is 0 Å². The predicted octanol–water partition coefficient (Wildman–Crippen LogP) is -1.84. The topological polar surface area (TPSA) is 172 Å². The SMILES string of the molecule is COc1nc(N)nc2c1ncn2C1OC(CO)C(O)C1(C)C(N)=O. The molecule has 0 aromatic carbocycles. The Morgan fingerprint density at radius 1 is 1.54 bits per heavy atom. The molecule has 3 rings (SSSR count). The smallest absolute Gasteiger partial charge is 0.246 e. The molecule has 6 N–H and O–H groups in total. The Morgan fingerprint density at radius 2 is 2.25 bits per heavy atom. The molecule has 1 amide bonds. The zero-order chi connectivity index (χ0) is 17.6. The van der Waals surface area contributed by atoms with E-state index in [2.05, 4.69) is 15.0 Å². The van der Waals surface area contributed by atoms with Crippen LogP contribution < -0.4 is 16.2 Å². The van der Waals surface area contributed by atoms with Gasteiger partial charge in [0.1, 0.15) is 17.6 Å². The van der Waals surface area contributed by atoms with Crippen LogP contribution in [0.15, 0.2) is 6.33 Å². The van der Waals surface area contributed by atoms with Crippen molar-refractivity contribution in [2.45, 2.75) is 25.4 Å². The molecule has 130 valence electrons. The fraction of sp³-hybridized carbons (Fsp3) is 0.538. The summed E-state index contributed by atoms with van der Waals surface area (Å²) < 4.78 is 12.2. The molecule has 0 bridgehead atoms. The molecule has 4 unspecified atom stereocenters. The molecule has 2 aromatic heterocycles. The number of fused-ring (bicyclic) bond motifs is 1. The summed E-state index contributed by atoms with van der Waals surface area (Å²) >= 11 is 0. The number of nitrogen functional groups attached to an aromatic ring is 1. The van der Waals surface area contributed by atoms with E-state index in [4.69, 9.17) is 20.9 Å². The third kappa shape index (κ3) is 2.09. The number of nitrogens with zero attached hydrogens (tertiary/aromatic N) is 4. The predicted molar refractivity (Wildman–Crippen MR) is 80.6 cm³/mol. The van der Waals surface area contributed by atoms with Gasteiger partial charge in [0.2, 0.25) is 17.7 Å². The van der Waals surface area contributed by atoms with Crippen molar-refractivity contribution in [2.75, 3.05) is 19.5 Å². The maximum atomic E-state index is 12.0. The molecule has 1 aliphatic heterocycles. The number of rotatable bonds is 4. The van der Waals surface area contributed by atoms with Crippen LogP contribution in [0.1, 0.15) is 13.2 Å². The minimum Gasteiger partial charge on any atom is -0.479 e. The largest absolute Gasteiger partial charge is 0.479 e. The number of imidazole rings is 1. The number of carbonyl (C=O) groups is 1. The number of hydrogen-bond acceptors (Lipinski definition) is 9. The lowest BCUT2D eigenvalue weighted by atomic mass is 9.81. The molecule has 1 fully saturated rings. The van der Waals surface area contributed by atoms with E-state index in [1.165, 1.54) is 24.9 Å². The lowest BCUT2D eigenvalue weighted by molar-refractivity contribution is -0.137. The van der Waals surface area contributed by atoms with E-state index in [-0.39, 0.29) is 17.5 Å². The molecular formula is C13H18N6O5. The highest BCUT2D eigenvalue weighted by molar-refractivity contribution is 5.83. The van der Waals surface area contributed by atoms with Gasteiger partial charge in [0.15, 0.2) is 17.4 Å². The van der Waals surface area contributed by atoms with E-state index >= 15 is 0 Å². The summed E-state index contributed by atoms with van der Waals surface area (Å²) in [4.78, 5) is 24.2. The molecule has 0 radical (unpaired) electrons. The molecule has 24 heavy (non-hydrogen) atoms. The van der Waals surface area contributed by atoms with Crippen LogP contribution in [0.3, 0.4) is 0 Å². The Bertz CT molecular complexity index is 794. The first-order valence-electron chi connectivity index (χ1n) is 7.12. The first-order chi connectivity index (χ1) is 11.3. The number of ether oxygens (including phenoxy) is 2. The summed E-state index contributed by atoms with van der Waals surface area (Å²) in [6, 6.07) is 0. The van der Waals surface area contributed by atoms with Gasteiger partial charge in [-0.2, -0.15) is 9.97 Å². The second-order valence-electron chi connectivity index (χ2n) is 5.72. The number of methoxy groups -OCH3 is 1. The van der Waals surface area contributed by atoms with Gasteiger partial charge in [-0.05, 0) is 6.92 Å². The van der Waals surface area contributed by atoms with Crippen molar-refractivity contribution < 1.29 is 24.5 Å².